The Morgan fingerprint density at radius 2 is 1.52 bits per heavy atom. The Kier molecular flexibility index (Phi) is 5.22. The zero-order valence-corrected chi connectivity index (χ0v) is 17.2. The lowest BCUT2D eigenvalue weighted by Crippen LogP contribution is -2.77. The molecule has 0 radical (unpaired) electrons. The molecule has 5 aliphatic rings. The third-order valence-electron chi connectivity index (χ3n) is 6.88. The molecule has 1 N–H and O–H groups in total. The van der Waals surface area contributed by atoms with Gasteiger partial charge in [0.15, 0.2) is 0 Å². The minimum Gasteiger partial charge on any atom is -0.424 e. The molecule has 2 bridgehead atoms. The van der Waals surface area contributed by atoms with Gasteiger partial charge in [-0.05, 0) is 32.1 Å². The number of alkyl halides is 6. The summed E-state index contributed by atoms with van der Waals surface area (Å²) < 4.78 is 91.9. The lowest BCUT2D eigenvalue weighted by molar-refractivity contribution is -0.357. The van der Waals surface area contributed by atoms with Crippen molar-refractivity contribution in [1.82, 2.24) is 15.5 Å². The Hall–Kier alpha value is -1.93. The maximum atomic E-state index is 12.2. The number of nitrogens with one attached hydrogen (secondary N) is 1. The van der Waals surface area contributed by atoms with Crippen LogP contribution in [0.4, 0.5) is 26.3 Å². The SMILES string of the molecule is O=C(CO[C@H]1C[C@H](OC(F)(F)F)C1)NC12CC(c3nnc([C@H]4C[C@@H](OC(F)(F)F)C4)o3)(C1)C2. The highest BCUT2D eigenvalue weighted by Crippen LogP contribution is 2.67. The van der Waals surface area contributed by atoms with E-state index < -0.39 is 36.6 Å². The van der Waals surface area contributed by atoms with E-state index in [-0.39, 0.29) is 49.5 Å². The molecule has 0 saturated heterocycles. The van der Waals surface area contributed by atoms with Crippen LogP contribution in [0, 0.1) is 0 Å². The van der Waals surface area contributed by atoms with Crippen LogP contribution in [-0.4, -0.2) is 59.3 Å². The number of carbonyl (C=O) groups excluding carboxylic acids is 1. The standard InChI is InChI=1S/C19H21F6N3O5/c20-18(21,22)32-11-1-9(2-11)14-27-28-15(31-14)16-6-17(7-16,8-16)26-13(29)5-30-10-3-12(4-10)33-19(23,24)25/h9-12H,1-8H2,(H,26,29)/t9-,10-,11+,12-,16?,17?. The monoisotopic (exact) mass is 485 g/mol. The first-order valence-electron chi connectivity index (χ1n) is 10.6. The van der Waals surface area contributed by atoms with Crippen molar-refractivity contribution in [2.45, 2.75) is 92.9 Å². The summed E-state index contributed by atoms with van der Waals surface area (Å²) in [5.74, 6) is 0.121. The number of aromatic nitrogens is 2. The molecule has 33 heavy (non-hydrogen) atoms. The molecule has 5 aliphatic carbocycles. The molecule has 1 heterocycles. The summed E-state index contributed by atoms with van der Waals surface area (Å²) in [5.41, 5.74) is -0.722. The topological polar surface area (TPSA) is 95.7 Å². The fraction of sp³-hybridized carbons (Fsp3) is 0.842. The van der Waals surface area contributed by atoms with Crippen LogP contribution < -0.4 is 5.32 Å². The molecule has 5 saturated carbocycles. The normalized spacial score (nSPS) is 37.4. The van der Waals surface area contributed by atoms with Crippen molar-refractivity contribution in [2.75, 3.05) is 6.61 Å². The number of rotatable bonds is 8. The lowest BCUT2D eigenvalue weighted by atomic mass is 9.39. The summed E-state index contributed by atoms with van der Waals surface area (Å²) in [6.07, 6.45) is -9.30. The Morgan fingerprint density at radius 3 is 2.09 bits per heavy atom. The van der Waals surface area contributed by atoms with Gasteiger partial charge in [0, 0.05) is 24.3 Å². The molecule has 0 spiro atoms. The molecule has 0 aromatic carbocycles. The Morgan fingerprint density at radius 1 is 0.939 bits per heavy atom. The molecule has 0 aliphatic heterocycles. The summed E-state index contributed by atoms with van der Waals surface area (Å²) in [6.45, 7) is -0.244. The predicted octanol–water partition coefficient (Wildman–Crippen LogP) is 3.23. The molecule has 8 nitrogen and oxygen atoms in total. The van der Waals surface area contributed by atoms with Gasteiger partial charge < -0.3 is 14.5 Å². The molecule has 5 fully saturated rings. The average molecular weight is 485 g/mol. The van der Waals surface area contributed by atoms with E-state index in [1.807, 2.05) is 0 Å². The van der Waals surface area contributed by atoms with Crippen LogP contribution >= 0.6 is 0 Å². The Bertz CT molecular complexity index is 887. The van der Waals surface area contributed by atoms with Crippen LogP contribution in [0.1, 0.15) is 62.6 Å². The highest BCUT2D eigenvalue weighted by Gasteiger charge is 2.72. The van der Waals surface area contributed by atoms with E-state index in [1.54, 1.807) is 0 Å². The third kappa shape index (κ3) is 4.69. The number of nitrogens with zero attached hydrogens (tertiary/aromatic N) is 2. The first kappa shape index (κ1) is 22.8. The van der Waals surface area contributed by atoms with Crippen LogP contribution in [0.25, 0.3) is 0 Å². The maximum Gasteiger partial charge on any atom is 0.522 e. The molecule has 14 heteroatoms. The number of halogens is 6. The van der Waals surface area contributed by atoms with Gasteiger partial charge in [0.05, 0.1) is 23.7 Å². The summed E-state index contributed by atoms with van der Waals surface area (Å²) in [7, 11) is 0. The third-order valence-corrected chi connectivity index (χ3v) is 6.88. The van der Waals surface area contributed by atoms with E-state index in [1.165, 1.54) is 0 Å². The van der Waals surface area contributed by atoms with Crippen molar-refractivity contribution in [3.8, 4) is 0 Å². The second-order valence-corrected chi connectivity index (χ2v) is 9.53. The highest BCUT2D eigenvalue weighted by atomic mass is 19.4. The van der Waals surface area contributed by atoms with Crippen LogP contribution in [-0.2, 0) is 24.4 Å². The predicted molar refractivity (Wildman–Crippen MR) is 93.5 cm³/mol. The van der Waals surface area contributed by atoms with Crippen LogP contribution in [0.3, 0.4) is 0 Å². The summed E-state index contributed by atoms with van der Waals surface area (Å²) >= 11 is 0. The fourth-order valence-electron chi connectivity index (χ4n) is 5.28. The fourth-order valence-corrected chi connectivity index (χ4v) is 5.28. The van der Waals surface area contributed by atoms with Gasteiger partial charge in [-0.1, -0.05) is 0 Å². The number of amides is 1. The molecule has 1 aromatic heterocycles. The number of hydrogen-bond donors (Lipinski definition) is 1. The molecule has 1 aromatic rings. The molecule has 0 atom stereocenters. The molecular weight excluding hydrogens is 464 g/mol. The quantitative estimate of drug-likeness (QED) is 0.565. The van der Waals surface area contributed by atoms with E-state index >= 15 is 0 Å². The minimum absolute atomic E-state index is 0.0879. The van der Waals surface area contributed by atoms with Crippen molar-refractivity contribution >= 4 is 5.91 Å². The van der Waals surface area contributed by atoms with Crippen LogP contribution in [0.2, 0.25) is 0 Å². The summed E-state index contributed by atoms with van der Waals surface area (Å²) in [4.78, 5) is 12.2. The molecular formula is C19H21F6N3O5. The van der Waals surface area contributed by atoms with Crippen molar-refractivity contribution in [3.05, 3.63) is 11.8 Å². The second-order valence-electron chi connectivity index (χ2n) is 9.53. The Balaban J connectivity index is 1.01. The van der Waals surface area contributed by atoms with Gasteiger partial charge in [-0.25, -0.2) is 0 Å². The van der Waals surface area contributed by atoms with E-state index in [0.29, 0.717) is 31.0 Å². The van der Waals surface area contributed by atoms with Gasteiger partial charge in [0.2, 0.25) is 17.7 Å². The smallest absolute Gasteiger partial charge is 0.424 e. The molecule has 6 rings (SSSR count). The Labute approximate surface area is 183 Å². The maximum absolute atomic E-state index is 12.2. The van der Waals surface area contributed by atoms with Gasteiger partial charge in [0.25, 0.3) is 0 Å². The van der Waals surface area contributed by atoms with E-state index in [9.17, 15) is 31.1 Å². The molecule has 0 unspecified atom stereocenters. The van der Waals surface area contributed by atoms with E-state index in [2.05, 4.69) is 25.0 Å². The first-order valence-corrected chi connectivity index (χ1v) is 10.6. The van der Waals surface area contributed by atoms with Crippen LogP contribution in [0.5, 0.6) is 0 Å². The van der Waals surface area contributed by atoms with Crippen molar-refractivity contribution in [2.24, 2.45) is 0 Å². The minimum atomic E-state index is -4.67. The van der Waals surface area contributed by atoms with Gasteiger partial charge in [0.1, 0.15) is 6.61 Å². The summed E-state index contributed by atoms with van der Waals surface area (Å²) in [6, 6.07) is 0. The highest BCUT2D eigenvalue weighted by molar-refractivity contribution is 5.79. The first-order chi connectivity index (χ1) is 15.3. The number of carbonyl (C=O) groups is 1. The van der Waals surface area contributed by atoms with Gasteiger partial charge in [-0.3, -0.25) is 14.3 Å². The number of hydrogen-bond acceptors (Lipinski definition) is 7. The zero-order valence-electron chi connectivity index (χ0n) is 17.2. The van der Waals surface area contributed by atoms with E-state index in [0.717, 1.165) is 0 Å². The number of ether oxygens (including phenoxy) is 3. The second kappa shape index (κ2) is 7.54. The van der Waals surface area contributed by atoms with Crippen LogP contribution in [0.15, 0.2) is 4.42 Å². The average Bonchev–Trinajstić information content (AvgIpc) is 3.01. The van der Waals surface area contributed by atoms with Crippen molar-refractivity contribution in [3.63, 3.8) is 0 Å². The van der Waals surface area contributed by atoms with Crippen molar-refractivity contribution < 1.29 is 49.8 Å². The zero-order chi connectivity index (χ0) is 23.6. The van der Waals surface area contributed by atoms with Crippen molar-refractivity contribution in [1.29, 1.82) is 0 Å². The van der Waals surface area contributed by atoms with Gasteiger partial charge >= 0.3 is 12.7 Å². The van der Waals surface area contributed by atoms with Gasteiger partial charge in [-0.2, -0.15) is 0 Å². The largest absolute Gasteiger partial charge is 0.522 e. The molecule has 184 valence electrons. The summed E-state index contributed by atoms with van der Waals surface area (Å²) in [5, 5.41) is 10.9. The molecule has 1 amide bonds. The lowest BCUT2D eigenvalue weighted by Gasteiger charge is -2.68. The van der Waals surface area contributed by atoms with Gasteiger partial charge in [-0.15, -0.1) is 36.5 Å². The van der Waals surface area contributed by atoms with E-state index in [4.69, 9.17) is 9.15 Å².